The largest absolute Gasteiger partial charge is 0.313 e. The highest BCUT2D eigenvalue weighted by atomic mass is 32.2. The van der Waals surface area contributed by atoms with Gasteiger partial charge in [0, 0.05) is 26.2 Å². The molecular weight excluding hydrogens is 212 g/mol. The first-order valence-electron chi connectivity index (χ1n) is 5.43. The molecule has 0 aliphatic carbocycles. The minimum atomic E-state index is -3.08. The Hall–Kier alpha value is -0.130. The lowest BCUT2D eigenvalue weighted by Crippen LogP contribution is -2.37. The molecule has 5 heteroatoms. The number of sulfonamides is 1. The van der Waals surface area contributed by atoms with Gasteiger partial charge in [0.25, 0.3) is 0 Å². The first kappa shape index (κ1) is 14.9. The molecule has 0 aromatic heterocycles. The summed E-state index contributed by atoms with van der Waals surface area (Å²) in [6.07, 6.45) is 0. The Morgan fingerprint density at radius 2 is 1.73 bits per heavy atom. The van der Waals surface area contributed by atoms with Gasteiger partial charge in [0.2, 0.25) is 10.0 Å². The van der Waals surface area contributed by atoms with Crippen LogP contribution in [-0.2, 0) is 10.0 Å². The minimum absolute atomic E-state index is 0.175. The molecule has 0 saturated heterocycles. The van der Waals surface area contributed by atoms with Crippen LogP contribution in [0.15, 0.2) is 0 Å². The van der Waals surface area contributed by atoms with Crippen molar-refractivity contribution in [2.24, 2.45) is 5.92 Å². The summed E-state index contributed by atoms with van der Waals surface area (Å²) in [4.78, 5) is 0. The monoisotopic (exact) mass is 236 g/mol. The van der Waals surface area contributed by atoms with Gasteiger partial charge in [-0.15, -0.1) is 0 Å². The van der Waals surface area contributed by atoms with Crippen LogP contribution >= 0.6 is 0 Å². The maximum atomic E-state index is 11.7. The summed E-state index contributed by atoms with van der Waals surface area (Å²) in [6, 6.07) is 0.329. The zero-order valence-corrected chi connectivity index (χ0v) is 11.3. The summed E-state index contributed by atoms with van der Waals surface area (Å²) < 4.78 is 24.9. The van der Waals surface area contributed by atoms with Crippen LogP contribution in [0.5, 0.6) is 0 Å². The highest BCUT2D eigenvalue weighted by Gasteiger charge is 2.17. The lowest BCUT2D eigenvalue weighted by atomic mass is 10.2. The van der Waals surface area contributed by atoms with Crippen LogP contribution in [0, 0.1) is 5.92 Å². The molecule has 0 rings (SSSR count). The van der Waals surface area contributed by atoms with Crippen molar-refractivity contribution in [3.63, 3.8) is 0 Å². The number of nitrogens with zero attached hydrogens (tertiary/aromatic N) is 1. The van der Waals surface area contributed by atoms with Gasteiger partial charge in [-0.05, 0) is 5.92 Å². The van der Waals surface area contributed by atoms with Crippen molar-refractivity contribution >= 4 is 10.0 Å². The third-order valence-electron chi connectivity index (χ3n) is 2.01. The zero-order chi connectivity index (χ0) is 12.1. The van der Waals surface area contributed by atoms with Gasteiger partial charge in [0.05, 0.1) is 5.75 Å². The fourth-order valence-electron chi connectivity index (χ4n) is 1.26. The third-order valence-corrected chi connectivity index (χ3v) is 3.83. The van der Waals surface area contributed by atoms with Crippen molar-refractivity contribution < 1.29 is 8.42 Å². The topological polar surface area (TPSA) is 49.4 Å². The highest BCUT2D eigenvalue weighted by molar-refractivity contribution is 7.89. The Balaban J connectivity index is 4.06. The maximum Gasteiger partial charge on any atom is 0.215 e. The summed E-state index contributed by atoms with van der Waals surface area (Å²) in [5.41, 5.74) is 0. The Morgan fingerprint density at radius 1 is 1.20 bits per heavy atom. The van der Waals surface area contributed by atoms with E-state index in [-0.39, 0.29) is 5.75 Å². The van der Waals surface area contributed by atoms with Crippen LogP contribution in [0.2, 0.25) is 0 Å². The number of nitrogens with one attached hydrogen (secondary N) is 1. The molecule has 0 bridgehead atoms. The SMILES string of the molecule is CC(C)CN(C)S(=O)(=O)CCNC(C)C. The van der Waals surface area contributed by atoms with Gasteiger partial charge in [0.15, 0.2) is 0 Å². The van der Waals surface area contributed by atoms with Crippen LogP contribution in [0.4, 0.5) is 0 Å². The Kier molecular flexibility index (Phi) is 6.40. The molecule has 0 radical (unpaired) electrons. The molecule has 1 N–H and O–H groups in total. The first-order valence-corrected chi connectivity index (χ1v) is 7.04. The highest BCUT2D eigenvalue weighted by Crippen LogP contribution is 2.02. The molecule has 0 unspecified atom stereocenters. The Labute approximate surface area is 94.1 Å². The second kappa shape index (κ2) is 6.45. The summed E-state index contributed by atoms with van der Waals surface area (Å²) in [6.45, 7) is 9.14. The third kappa shape index (κ3) is 6.87. The van der Waals surface area contributed by atoms with Crippen LogP contribution in [0.1, 0.15) is 27.7 Å². The molecular formula is C10H24N2O2S. The van der Waals surface area contributed by atoms with Crippen molar-refractivity contribution in [3.05, 3.63) is 0 Å². The van der Waals surface area contributed by atoms with Crippen molar-refractivity contribution in [2.75, 3.05) is 25.9 Å². The van der Waals surface area contributed by atoms with E-state index in [2.05, 4.69) is 5.32 Å². The van der Waals surface area contributed by atoms with Crippen molar-refractivity contribution in [3.8, 4) is 0 Å². The Morgan fingerprint density at radius 3 is 2.13 bits per heavy atom. The normalized spacial score (nSPS) is 13.1. The number of rotatable bonds is 7. The van der Waals surface area contributed by atoms with Crippen LogP contribution in [0.3, 0.4) is 0 Å². The van der Waals surface area contributed by atoms with Gasteiger partial charge in [-0.2, -0.15) is 0 Å². The van der Waals surface area contributed by atoms with E-state index in [1.54, 1.807) is 7.05 Å². The van der Waals surface area contributed by atoms with E-state index in [0.29, 0.717) is 25.0 Å². The average molecular weight is 236 g/mol. The maximum absolute atomic E-state index is 11.7. The lowest BCUT2D eigenvalue weighted by molar-refractivity contribution is 0.416. The van der Waals surface area contributed by atoms with Crippen molar-refractivity contribution in [1.82, 2.24) is 9.62 Å². The predicted molar refractivity (Wildman–Crippen MR) is 64.4 cm³/mol. The summed E-state index contributed by atoms with van der Waals surface area (Å²) in [5, 5.41) is 3.10. The molecule has 0 aromatic rings. The zero-order valence-electron chi connectivity index (χ0n) is 10.4. The van der Waals surface area contributed by atoms with Gasteiger partial charge in [-0.1, -0.05) is 27.7 Å². The quantitative estimate of drug-likeness (QED) is 0.714. The molecule has 15 heavy (non-hydrogen) atoms. The minimum Gasteiger partial charge on any atom is -0.313 e. The second-order valence-electron chi connectivity index (χ2n) is 4.60. The van der Waals surface area contributed by atoms with E-state index in [1.165, 1.54) is 4.31 Å². The van der Waals surface area contributed by atoms with E-state index in [0.717, 1.165) is 0 Å². The average Bonchev–Trinajstić information content (AvgIpc) is 2.01. The molecule has 0 fully saturated rings. The fourth-order valence-corrected chi connectivity index (χ4v) is 2.47. The van der Waals surface area contributed by atoms with Crippen molar-refractivity contribution in [1.29, 1.82) is 0 Å². The molecule has 92 valence electrons. The smallest absolute Gasteiger partial charge is 0.215 e. The summed E-state index contributed by atoms with van der Waals surface area (Å²) in [7, 11) is -1.44. The molecule has 0 amide bonds. The van der Waals surface area contributed by atoms with Crippen LogP contribution in [0.25, 0.3) is 0 Å². The van der Waals surface area contributed by atoms with Crippen LogP contribution in [-0.4, -0.2) is 44.7 Å². The van der Waals surface area contributed by atoms with Gasteiger partial charge in [-0.3, -0.25) is 0 Å². The van der Waals surface area contributed by atoms with Crippen LogP contribution < -0.4 is 5.32 Å². The molecule has 0 saturated carbocycles. The molecule has 0 aliphatic rings. The van der Waals surface area contributed by atoms with Gasteiger partial charge in [-0.25, -0.2) is 12.7 Å². The van der Waals surface area contributed by atoms with Gasteiger partial charge < -0.3 is 5.32 Å². The fraction of sp³-hybridized carbons (Fsp3) is 1.00. The predicted octanol–water partition coefficient (Wildman–Crippen LogP) is 0.902. The van der Waals surface area contributed by atoms with E-state index in [4.69, 9.17) is 0 Å². The standard InChI is InChI=1S/C10H24N2O2S/c1-9(2)8-12(5)15(13,14)7-6-11-10(3)4/h9-11H,6-8H2,1-5H3. The van der Waals surface area contributed by atoms with E-state index >= 15 is 0 Å². The summed E-state index contributed by atoms with van der Waals surface area (Å²) >= 11 is 0. The van der Waals surface area contributed by atoms with E-state index in [9.17, 15) is 8.42 Å². The van der Waals surface area contributed by atoms with Gasteiger partial charge in [0.1, 0.15) is 0 Å². The molecule has 0 atom stereocenters. The summed E-state index contributed by atoms with van der Waals surface area (Å²) in [5.74, 6) is 0.539. The molecule has 4 nitrogen and oxygen atoms in total. The number of hydrogen-bond acceptors (Lipinski definition) is 3. The first-order chi connectivity index (χ1) is 6.75. The molecule has 0 aromatic carbocycles. The van der Waals surface area contributed by atoms with E-state index < -0.39 is 10.0 Å². The second-order valence-corrected chi connectivity index (χ2v) is 6.79. The van der Waals surface area contributed by atoms with E-state index in [1.807, 2.05) is 27.7 Å². The lowest BCUT2D eigenvalue weighted by Gasteiger charge is -2.19. The van der Waals surface area contributed by atoms with Crippen molar-refractivity contribution in [2.45, 2.75) is 33.7 Å². The molecule has 0 heterocycles. The molecule has 0 spiro atoms. The number of hydrogen-bond donors (Lipinski definition) is 1. The Bertz CT molecular complexity index is 261. The molecule has 0 aliphatic heterocycles. The van der Waals surface area contributed by atoms with Gasteiger partial charge >= 0.3 is 0 Å².